The minimum Gasteiger partial charge on any atom is -0.320 e. The number of benzene rings is 2. The maximum atomic E-state index is 12.7. The third-order valence-electron chi connectivity index (χ3n) is 4.14. The summed E-state index contributed by atoms with van der Waals surface area (Å²) in [6.07, 6.45) is 1.64. The van der Waals surface area contributed by atoms with Gasteiger partial charge < -0.3 is 5.32 Å². The van der Waals surface area contributed by atoms with Crippen molar-refractivity contribution in [1.82, 2.24) is 15.0 Å². The van der Waals surface area contributed by atoms with Gasteiger partial charge in [-0.2, -0.15) is 0 Å². The van der Waals surface area contributed by atoms with Crippen molar-refractivity contribution < 1.29 is 4.79 Å². The molecule has 0 unspecified atom stereocenters. The summed E-state index contributed by atoms with van der Waals surface area (Å²) in [5, 5.41) is 11.3. The van der Waals surface area contributed by atoms with Gasteiger partial charge in [-0.3, -0.25) is 4.79 Å². The van der Waals surface area contributed by atoms with Crippen LogP contribution in [0.15, 0.2) is 48.5 Å². The largest absolute Gasteiger partial charge is 0.320 e. The first-order valence-electron chi connectivity index (χ1n) is 8.48. The van der Waals surface area contributed by atoms with Crippen LogP contribution in [0.2, 0.25) is 0 Å². The summed E-state index contributed by atoms with van der Waals surface area (Å²) in [4.78, 5) is 12.7. The third kappa shape index (κ3) is 3.60. The Bertz CT molecular complexity index is 881. The third-order valence-corrected chi connectivity index (χ3v) is 4.14. The molecule has 0 saturated heterocycles. The molecule has 0 aliphatic carbocycles. The SMILES string of the molecule is CCCc1c(C(=O)Nc2ccccc2C)nnn1-c1ccc(C)cc1. The van der Waals surface area contributed by atoms with E-state index in [-0.39, 0.29) is 5.91 Å². The summed E-state index contributed by atoms with van der Waals surface area (Å²) in [6, 6.07) is 15.7. The number of rotatable bonds is 5. The van der Waals surface area contributed by atoms with E-state index in [0.717, 1.165) is 35.5 Å². The Labute approximate surface area is 147 Å². The monoisotopic (exact) mass is 334 g/mol. The van der Waals surface area contributed by atoms with E-state index in [4.69, 9.17) is 0 Å². The summed E-state index contributed by atoms with van der Waals surface area (Å²) >= 11 is 0. The van der Waals surface area contributed by atoms with Crippen molar-refractivity contribution in [2.75, 3.05) is 5.32 Å². The molecular formula is C20H22N4O. The zero-order chi connectivity index (χ0) is 17.8. The molecule has 5 nitrogen and oxygen atoms in total. The number of amides is 1. The molecule has 0 radical (unpaired) electrons. The Hall–Kier alpha value is -2.95. The van der Waals surface area contributed by atoms with E-state index in [2.05, 4.69) is 22.6 Å². The molecule has 3 rings (SSSR count). The van der Waals surface area contributed by atoms with Crippen LogP contribution in [0.1, 0.15) is 40.7 Å². The van der Waals surface area contributed by atoms with E-state index in [1.807, 2.05) is 62.4 Å². The molecule has 0 fully saturated rings. The fourth-order valence-electron chi connectivity index (χ4n) is 2.73. The van der Waals surface area contributed by atoms with E-state index < -0.39 is 0 Å². The summed E-state index contributed by atoms with van der Waals surface area (Å²) in [6.45, 7) is 6.08. The Morgan fingerprint density at radius 3 is 2.48 bits per heavy atom. The molecule has 0 aliphatic rings. The molecule has 1 N–H and O–H groups in total. The van der Waals surface area contributed by atoms with Gasteiger partial charge in [0.2, 0.25) is 0 Å². The number of hydrogen-bond acceptors (Lipinski definition) is 3. The van der Waals surface area contributed by atoms with Crippen LogP contribution in [0.3, 0.4) is 0 Å². The van der Waals surface area contributed by atoms with Crippen molar-refractivity contribution in [3.8, 4) is 5.69 Å². The van der Waals surface area contributed by atoms with Crippen molar-refractivity contribution in [2.45, 2.75) is 33.6 Å². The lowest BCUT2D eigenvalue weighted by molar-refractivity contribution is 0.102. The Kier molecular flexibility index (Phi) is 4.93. The van der Waals surface area contributed by atoms with Crippen LogP contribution in [-0.2, 0) is 6.42 Å². The molecule has 0 aliphatic heterocycles. The van der Waals surface area contributed by atoms with Gasteiger partial charge in [0, 0.05) is 5.69 Å². The number of hydrogen-bond donors (Lipinski definition) is 1. The van der Waals surface area contributed by atoms with E-state index in [1.165, 1.54) is 5.56 Å². The molecule has 25 heavy (non-hydrogen) atoms. The fourth-order valence-corrected chi connectivity index (χ4v) is 2.73. The normalized spacial score (nSPS) is 10.7. The number of carbonyl (C=O) groups is 1. The Balaban J connectivity index is 1.95. The zero-order valence-corrected chi connectivity index (χ0v) is 14.8. The van der Waals surface area contributed by atoms with Crippen LogP contribution < -0.4 is 5.32 Å². The summed E-state index contributed by atoms with van der Waals surface area (Å²) in [5.41, 5.74) is 5.11. The molecular weight excluding hydrogens is 312 g/mol. The lowest BCUT2D eigenvalue weighted by Crippen LogP contribution is -2.16. The van der Waals surface area contributed by atoms with E-state index in [9.17, 15) is 4.79 Å². The number of nitrogens with one attached hydrogen (secondary N) is 1. The standard InChI is InChI=1S/C20H22N4O/c1-4-7-18-19(20(25)21-17-9-6-5-8-15(17)3)22-23-24(18)16-12-10-14(2)11-13-16/h5-6,8-13H,4,7H2,1-3H3,(H,21,25). The second kappa shape index (κ2) is 7.30. The minimum absolute atomic E-state index is 0.226. The molecule has 0 bridgehead atoms. The van der Waals surface area contributed by atoms with Gasteiger partial charge in [-0.05, 0) is 44.0 Å². The number of nitrogens with zero attached hydrogens (tertiary/aromatic N) is 3. The predicted molar refractivity (Wildman–Crippen MR) is 99.2 cm³/mol. The van der Waals surface area contributed by atoms with Crippen molar-refractivity contribution in [3.63, 3.8) is 0 Å². The second-order valence-electron chi connectivity index (χ2n) is 6.15. The lowest BCUT2D eigenvalue weighted by Gasteiger charge is -2.09. The number of para-hydroxylation sites is 1. The smallest absolute Gasteiger partial charge is 0.278 e. The maximum absolute atomic E-state index is 12.7. The van der Waals surface area contributed by atoms with Crippen molar-refractivity contribution in [3.05, 3.63) is 71.0 Å². The number of aryl methyl sites for hydroxylation is 2. The summed E-state index contributed by atoms with van der Waals surface area (Å²) in [7, 11) is 0. The van der Waals surface area contributed by atoms with Gasteiger partial charge >= 0.3 is 0 Å². The van der Waals surface area contributed by atoms with Gasteiger partial charge in [0.1, 0.15) is 0 Å². The highest BCUT2D eigenvalue weighted by Gasteiger charge is 2.20. The maximum Gasteiger partial charge on any atom is 0.278 e. The molecule has 0 saturated carbocycles. The highest BCUT2D eigenvalue weighted by molar-refractivity contribution is 6.04. The topological polar surface area (TPSA) is 59.8 Å². The molecule has 0 spiro atoms. The molecule has 1 amide bonds. The molecule has 2 aromatic carbocycles. The van der Waals surface area contributed by atoms with E-state index >= 15 is 0 Å². The Morgan fingerprint density at radius 1 is 1.08 bits per heavy atom. The first-order chi connectivity index (χ1) is 12.1. The summed E-state index contributed by atoms with van der Waals surface area (Å²) in [5.74, 6) is -0.226. The second-order valence-corrected chi connectivity index (χ2v) is 6.15. The highest BCUT2D eigenvalue weighted by Crippen LogP contribution is 2.19. The predicted octanol–water partition coefficient (Wildman–Crippen LogP) is 4.09. The van der Waals surface area contributed by atoms with Crippen LogP contribution in [-0.4, -0.2) is 20.9 Å². The first-order valence-corrected chi connectivity index (χ1v) is 8.48. The van der Waals surface area contributed by atoms with Crippen LogP contribution in [0.25, 0.3) is 5.69 Å². The first kappa shape index (κ1) is 16.9. The minimum atomic E-state index is -0.226. The van der Waals surface area contributed by atoms with Gasteiger partial charge in [-0.25, -0.2) is 4.68 Å². The van der Waals surface area contributed by atoms with Crippen LogP contribution in [0.4, 0.5) is 5.69 Å². The lowest BCUT2D eigenvalue weighted by atomic mass is 10.1. The van der Waals surface area contributed by atoms with Crippen LogP contribution in [0.5, 0.6) is 0 Å². The fraction of sp³-hybridized carbons (Fsp3) is 0.250. The average Bonchev–Trinajstić information content (AvgIpc) is 3.02. The molecule has 1 heterocycles. The van der Waals surface area contributed by atoms with Crippen molar-refractivity contribution in [1.29, 1.82) is 0 Å². The quantitative estimate of drug-likeness (QED) is 0.764. The van der Waals surface area contributed by atoms with Gasteiger partial charge in [-0.15, -0.1) is 5.10 Å². The van der Waals surface area contributed by atoms with Gasteiger partial charge in [0.15, 0.2) is 5.69 Å². The van der Waals surface area contributed by atoms with Gasteiger partial charge in [-0.1, -0.05) is 54.5 Å². The molecule has 3 aromatic rings. The number of aromatic nitrogens is 3. The van der Waals surface area contributed by atoms with Crippen LogP contribution in [0, 0.1) is 13.8 Å². The number of carbonyl (C=O) groups excluding carboxylic acids is 1. The van der Waals surface area contributed by atoms with Crippen LogP contribution >= 0.6 is 0 Å². The summed E-state index contributed by atoms with van der Waals surface area (Å²) < 4.78 is 1.76. The molecule has 5 heteroatoms. The molecule has 0 atom stereocenters. The van der Waals surface area contributed by atoms with Gasteiger partial charge in [0.25, 0.3) is 5.91 Å². The molecule has 128 valence electrons. The molecule has 1 aromatic heterocycles. The average molecular weight is 334 g/mol. The van der Waals surface area contributed by atoms with Gasteiger partial charge in [0.05, 0.1) is 11.4 Å². The Morgan fingerprint density at radius 2 is 1.80 bits per heavy atom. The van der Waals surface area contributed by atoms with Crippen molar-refractivity contribution in [2.24, 2.45) is 0 Å². The zero-order valence-electron chi connectivity index (χ0n) is 14.8. The van der Waals surface area contributed by atoms with Crippen molar-refractivity contribution >= 4 is 11.6 Å². The van der Waals surface area contributed by atoms with E-state index in [0.29, 0.717) is 5.69 Å². The van der Waals surface area contributed by atoms with E-state index in [1.54, 1.807) is 4.68 Å². The highest BCUT2D eigenvalue weighted by atomic mass is 16.2. The number of anilines is 1.